The molecule has 130 valence electrons. The van der Waals surface area contributed by atoms with Crippen LogP contribution in [0.3, 0.4) is 0 Å². The van der Waals surface area contributed by atoms with Crippen molar-refractivity contribution in [3.05, 3.63) is 33.0 Å². The van der Waals surface area contributed by atoms with Crippen molar-refractivity contribution in [2.45, 2.75) is 46.4 Å². The lowest BCUT2D eigenvalue weighted by molar-refractivity contribution is -0.153. The number of carbonyl (C=O) groups is 2. The molecular formula is C15H20N4O4S. The summed E-state index contributed by atoms with van der Waals surface area (Å²) >= 11 is 1.02. The van der Waals surface area contributed by atoms with Gasteiger partial charge < -0.3 is 10.1 Å². The Morgan fingerprint density at radius 3 is 2.67 bits per heavy atom. The lowest BCUT2D eigenvalue weighted by Crippen LogP contribution is -2.33. The molecule has 0 aromatic carbocycles. The molecule has 1 atom stereocenters. The summed E-state index contributed by atoms with van der Waals surface area (Å²) < 4.78 is 8.07. The van der Waals surface area contributed by atoms with Crippen molar-refractivity contribution in [3.63, 3.8) is 0 Å². The van der Waals surface area contributed by atoms with Crippen molar-refractivity contribution in [1.29, 1.82) is 0 Å². The molecule has 0 saturated heterocycles. The SMILES string of the molecule is Cc1csc(=O)n1CC(=O)OC(C)C(=O)Nc1ccnn1C(C)C. The van der Waals surface area contributed by atoms with Crippen LogP contribution in [-0.2, 0) is 20.9 Å². The first-order chi connectivity index (χ1) is 11.3. The Morgan fingerprint density at radius 1 is 1.38 bits per heavy atom. The molecule has 8 nitrogen and oxygen atoms in total. The van der Waals surface area contributed by atoms with E-state index in [1.54, 1.807) is 29.2 Å². The van der Waals surface area contributed by atoms with Crippen LogP contribution in [0, 0.1) is 6.92 Å². The van der Waals surface area contributed by atoms with Crippen molar-refractivity contribution < 1.29 is 14.3 Å². The molecule has 2 rings (SSSR count). The van der Waals surface area contributed by atoms with Gasteiger partial charge in [0.1, 0.15) is 12.4 Å². The second-order valence-electron chi connectivity index (χ2n) is 5.61. The molecule has 9 heteroatoms. The van der Waals surface area contributed by atoms with Crippen LogP contribution in [0.25, 0.3) is 0 Å². The summed E-state index contributed by atoms with van der Waals surface area (Å²) in [5.74, 6) is -0.568. The lowest BCUT2D eigenvalue weighted by atomic mass is 10.3. The Morgan fingerprint density at radius 2 is 2.08 bits per heavy atom. The van der Waals surface area contributed by atoms with E-state index in [0.717, 1.165) is 11.3 Å². The van der Waals surface area contributed by atoms with E-state index in [9.17, 15) is 14.4 Å². The minimum atomic E-state index is -0.984. The molecule has 1 unspecified atom stereocenters. The quantitative estimate of drug-likeness (QED) is 0.796. The van der Waals surface area contributed by atoms with E-state index in [1.807, 2.05) is 13.8 Å². The number of amides is 1. The van der Waals surface area contributed by atoms with Gasteiger partial charge in [-0.1, -0.05) is 11.3 Å². The zero-order valence-electron chi connectivity index (χ0n) is 14.0. The van der Waals surface area contributed by atoms with Gasteiger partial charge in [-0.05, 0) is 27.7 Å². The molecule has 0 fully saturated rings. The summed E-state index contributed by atoms with van der Waals surface area (Å²) in [6.45, 7) is 6.87. The minimum Gasteiger partial charge on any atom is -0.451 e. The van der Waals surface area contributed by atoms with E-state index in [2.05, 4.69) is 10.4 Å². The molecule has 24 heavy (non-hydrogen) atoms. The molecule has 0 aliphatic heterocycles. The molecule has 2 aromatic heterocycles. The summed E-state index contributed by atoms with van der Waals surface area (Å²) in [5, 5.41) is 8.46. The molecule has 0 bridgehead atoms. The normalized spacial score (nSPS) is 12.2. The Bertz CT molecular complexity index is 789. The van der Waals surface area contributed by atoms with E-state index in [4.69, 9.17) is 4.74 Å². The third-order valence-corrected chi connectivity index (χ3v) is 4.23. The van der Waals surface area contributed by atoms with Gasteiger partial charge in [0.25, 0.3) is 5.91 Å². The van der Waals surface area contributed by atoms with Crippen molar-refractivity contribution >= 4 is 29.0 Å². The zero-order chi connectivity index (χ0) is 17.9. The molecular weight excluding hydrogens is 332 g/mol. The number of aromatic nitrogens is 3. The molecule has 2 heterocycles. The minimum absolute atomic E-state index is 0.0848. The average Bonchev–Trinajstić information content (AvgIpc) is 3.09. The predicted octanol–water partition coefficient (Wildman–Crippen LogP) is 1.57. The number of thiazole rings is 1. The monoisotopic (exact) mass is 352 g/mol. The first-order valence-electron chi connectivity index (χ1n) is 7.48. The van der Waals surface area contributed by atoms with Gasteiger partial charge in [0, 0.05) is 23.2 Å². The smallest absolute Gasteiger partial charge is 0.326 e. The van der Waals surface area contributed by atoms with Crippen LogP contribution in [0.15, 0.2) is 22.4 Å². The lowest BCUT2D eigenvalue weighted by Gasteiger charge is -2.16. The average molecular weight is 352 g/mol. The van der Waals surface area contributed by atoms with E-state index >= 15 is 0 Å². The van der Waals surface area contributed by atoms with E-state index in [1.165, 1.54) is 11.5 Å². The highest BCUT2D eigenvalue weighted by molar-refractivity contribution is 7.07. The molecule has 0 aliphatic carbocycles. The second kappa shape index (κ2) is 7.43. The topological polar surface area (TPSA) is 95.2 Å². The van der Waals surface area contributed by atoms with Crippen LogP contribution in [-0.4, -0.2) is 32.3 Å². The maximum atomic E-state index is 12.2. The summed E-state index contributed by atoms with van der Waals surface area (Å²) in [4.78, 5) is 35.5. The molecule has 1 N–H and O–H groups in total. The fraction of sp³-hybridized carbons (Fsp3) is 0.467. The van der Waals surface area contributed by atoms with Gasteiger partial charge in [0.15, 0.2) is 6.10 Å². The number of nitrogens with zero attached hydrogens (tertiary/aromatic N) is 3. The van der Waals surface area contributed by atoms with Crippen LogP contribution >= 0.6 is 11.3 Å². The summed E-state index contributed by atoms with van der Waals surface area (Å²) in [6, 6.07) is 1.75. The molecule has 2 aromatic rings. The van der Waals surface area contributed by atoms with Gasteiger partial charge in [-0.25, -0.2) is 4.68 Å². The van der Waals surface area contributed by atoms with E-state index in [-0.39, 0.29) is 17.5 Å². The second-order valence-corrected chi connectivity index (χ2v) is 6.43. The van der Waals surface area contributed by atoms with Crippen molar-refractivity contribution in [3.8, 4) is 0 Å². The highest BCUT2D eigenvalue weighted by Crippen LogP contribution is 2.13. The highest BCUT2D eigenvalue weighted by Gasteiger charge is 2.20. The van der Waals surface area contributed by atoms with Crippen LogP contribution in [0.4, 0.5) is 5.82 Å². The Labute approximate surface area is 143 Å². The number of aryl methyl sites for hydroxylation is 1. The van der Waals surface area contributed by atoms with Gasteiger partial charge in [-0.3, -0.25) is 19.0 Å². The number of rotatable bonds is 6. The van der Waals surface area contributed by atoms with Crippen LogP contribution in [0.1, 0.15) is 32.5 Å². The molecule has 0 radical (unpaired) electrons. The number of anilines is 1. The van der Waals surface area contributed by atoms with Gasteiger partial charge in [-0.15, -0.1) is 0 Å². The van der Waals surface area contributed by atoms with Crippen molar-refractivity contribution in [2.24, 2.45) is 0 Å². The van der Waals surface area contributed by atoms with Gasteiger partial charge in [0.05, 0.1) is 6.20 Å². The van der Waals surface area contributed by atoms with Gasteiger partial charge in [-0.2, -0.15) is 5.10 Å². The number of nitrogens with one attached hydrogen (secondary N) is 1. The number of hydrogen-bond acceptors (Lipinski definition) is 6. The fourth-order valence-corrected chi connectivity index (χ4v) is 2.80. The molecule has 0 saturated carbocycles. The van der Waals surface area contributed by atoms with E-state index < -0.39 is 18.0 Å². The maximum absolute atomic E-state index is 12.2. The maximum Gasteiger partial charge on any atom is 0.326 e. The third-order valence-electron chi connectivity index (χ3n) is 3.35. The number of ether oxygens (including phenoxy) is 1. The summed E-state index contributed by atoms with van der Waals surface area (Å²) in [6.07, 6.45) is 0.598. The fourth-order valence-electron chi connectivity index (χ4n) is 2.07. The molecule has 0 spiro atoms. The summed E-state index contributed by atoms with van der Waals surface area (Å²) in [7, 11) is 0. The zero-order valence-corrected chi connectivity index (χ0v) is 14.8. The van der Waals surface area contributed by atoms with Crippen LogP contribution in [0.2, 0.25) is 0 Å². The van der Waals surface area contributed by atoms with Crippen LogP contribution < -0.4 is 10.2 Å². The number of esters is 1. The Hall–Kier alpha value is -2.42. The predicted molar refractivity (Wildman–Crippen MR) is 90.1 cm³/mol. The van der Waals surface area contributed by atoms with Crippen molar-refractivity contribution in [2.75, 3.05) is 5.32 Å². The standard InChI is InChI=1S/C15H20N4O4S/c1-9(2)19-12(5-6-16-19)17-14(21)11(4)23-13(20)7-18-10(3)8-24-15(18)22/h5-6,8-9,11H,7H2,1-4H3,(H,17,21). The molecule has 1 amide bonds. The number of carbonyl (C=O) groups excluding carboxylic acids is 2. The first kappa shape index (κ1) is 17.9. The summed E-state index contributed by atoms with van der Waals surface area (Å²) in [5.41, 5.74) is 0.680. The van der Waals surface area contributed by atoms with Gasteiger partial charge >= 0.3 is 10.8 Å². The van der Waals surface area contributed by atoms with E-state index in [0.29, 0.717) is 11.5 Å². The Kier molecular flexibility index (Phi) is 5.55. The van der Waals surface area contributed by atoms with Crippen LogP contribution in [0.5, 0.6) is 0 Å². The largest absolute Gasteiger partial charge is 0.451 e. The van der Waals surface area contributed by atoms with Crippen molar-refractivity contribution in [1.82, 2.24) is 14.3 Å². The third kappa shape index (κ3) is 4.10. The highest BCUT2D eigenvalue weighted by atomic mass is 32.1. The Balaban J connectivity index is 1.95. The first-order valence-corrected chi connectivity index (χ1v) is 8.36. The van der Waals surface area contributed by atoms with Gasteiger partial charge in [0.2, 0.25) is 0 Å². The number of hydrogen-bond donors (Lipinski definition) is 1. The molecule has 0 aliphatic rings.